The Balaban J connectivity index is 1.77. The van der Waals surface area contributed by atoms with E-state index in [-0.39, 0.29) is 18.4 Å². The molecule has 0 radical (unpaired) electrons. The summed E-state index contributed by atoms with van der Waals surface area (Å²) in [5.41, 5.74) is 4.01. The number of carbonyl (C=O) groups excluding carboxylic acids is 2. The van der Waals surface area contributed by atoms with Crippen LogP contribution in [-0.2, 0) is 20.9 Å². The predicted molar refractivity (Wildman–Crippen MR) is 119 cm³/mol. The molecule has 1 aliphatic heterocycles. The molecule has 0 spiro atoms. The normalized spacial score (nSPS) is 20.7. The monoisotopic (exact) mass is 417 g/mol. The molecule has 0 bridgehead atoms. The Morgan fingerprint density at radius 1 is 1.06 bits per heavy atom. The number of hydrogen-bond donors (Lipinski definition) is 0. The van der Waals surface area contributed by atoms with Crippen LogP contribution in [0, 0.1) is 5.92 Å². The summed E-state index contributed by atoms with van der Waals surface area (Å²) in [6.45, 7) is 4.32. The van der Waals surface area contributed by atoms with Crippen molar-refractivity contribution in [2.75, 3.05) is 6.61 Å². The average Bonchev–Trinajstić information content (AvgIpc) is 2.78. The summed E-state index contributed by atoms with van der Waals surface area (Å²) < 4.78 is 11.6. The van der Waals surface area contributed by atoms with E-state index in [9.17, 15) is 9.59 Å². The smallest absolute Gasteiger partial charge is 0.315 e. The molecule has 160 valence electrons. The summed E-state index contributed by atoms with van der Waals surface area (Å²) in [6, 6.07) is 17.6. The standard InChI is InChI=1S/C26H27NO4/c1-3-30-26(29)23-17(2)27-20-13-9-14-21(28)25(20)24(23)19-12-7-8-15-22(19)31-16-18-10-5-4-6-11-18/h4-8,10-12,15,23-24H,3,9,13-14,16H2,1-2H3/t23?,24-/m0/s1. The van der Waals surface area contributed by atoms with Crippen molar-refractivity contribution in [2.24, 2.45) is 10.9 Å². The first-order valence-corrected chi connectivity index (χ1v) is 10.8. The van der Waals surface area contributed by atoms with Gasteiger partial charge in [0.1, 0.15) is 18.3 Å². The van der Waals surface area contributed by atoms with E-state index < -0.39 is 11.8 Å². The van der Waals surface area contributed by atoms with Gasteiger partial charge in [0.15, 0.2) is 5.78 Å². The molecule has 1 heterocycles. The second-order valence-corrected chi connectivity index (χ2v) is 7.91. The van der Waals surface area contributed by atoms with Gasteiger partial charge < -0.3 is 9.47 Å². The Hall–Kier alpha value is -3.21. The maximum atomic E-state index is 13.0. The zero-order valence-corrected chi connectivity index (χ0v) is 18.0. The summed E-state index contributed by atoms with van der Waals surface area (Å²) >= 11 is 0. The van der Waals surface area contributed by atoms with Gasteiger partial charge in [0.2, 0.25) is 0 Å². The average molecular weight is 418 g/mol. The molecule has 1 aliphatic carbocycles. The number of para-hydroxylation sites is 1. The molecule has 5 nitrogen and oxygen atoms in total. The SMILES string of the molecule is CCOC(=O)C1C(C)=NC2=C(C(=O)CCC2)[C@H]1c1ccccc1OCc1ccccc1. The van der Waals surface area contributed by atoms with Gasteiger partial charge in [-0.05, 0) is 38.3 Å². The van der Waals surface area contributed by atoms with Crippen molar-refractivity contribution in [1.29, 1.82) is 0 Å². The number of Topliss-reactive ketones (excluding diaryl/α,β-unsaturated/α-hetero) is 1. The summed E-state index contributed by atoms with van der Waals surface area (Å²) in [4.78, 5) is 30.7. The lowest BCUT2D eigenvalue weighted by Crippen LogP contribution is -2.37. The molecule has 0 saturated heterocycles. The highest BCUT2D eigenvalue weighted by Crippen LogP contribution is 2.46. The van der Waals surface area contributed by atoms with Gasteiger partial charge in [-0.1, -0.05) is 48.5 Å². The minimum Gasteiger partial charge on any atom is -0.489 e. The zero-order valence-electron chi connectivity index (χ0n) is 18.0. The van der Waals surface area contributed by atoms with Crippen molar-refractivity contribution >= 4 is 17.5 Å². The molecule has 2 aliphatic rings. The number of carbonyl (C=O) groups is 2. The van der Waals surface area contributed by atoms with Crippen LogP contribution in [0.15, 0.2) is 70.9 Å². The van der Waals surface area contributed by atoms with Gasteiger partial charge in [0, 0.05) is 34.9 Å². The van der Waals surface area contributed by atoms with Crippen LogP contribution >= 0.6 is 0 Å². The lowest BCUT2D eigenvalue weighted by molar-refractivity contribution is -0.146. The zero-order chi connectivity index (χ0) is 21.8. The third kappa shape index (κ3) is 4.31. The van der Waals surface area contributed by atoms with Gasteiger partial charge >= 0.3 is 5.97 Å². The fourth-order valence-electron chi connectivity index (χ4n) is 4.48. The van der Waals surface area contributed by atoms with Crippen molar-refractivity contribution in [2.45, 2.75) is 45.6 Å². The van der Waals surface area contributed by atoms with Gasteiger partial charge in [0.25, 0.3) is 0 Å². The van der Waals surface area contributed by atoms with Gasteiger partial charge in [0.05, 0.1) is 6.61 Å². The fraction of sp³-hybridized carbons (Fsp3) is 0.346. The van der Waals surface area contributed by atoms with Gasteiger partial charge in [-0.25, -0.2) is 0 Å². The number of nitrogens with zero attached hydrogens (tertiary/aromatic N) is 1. The van der Waals surface area contributed by atoms with Gasteiger partial charge in [-0.3, -0.25) is 14.6 Å². The Kier molecular flexibility index (Phi) is 6.31. The van der Waals surface area contributed by atoms with Crippen LogP contribution in [-0.4, -0.2) is 24.1 Å². The largest absolute Gasteiger partial charge is 0.489 e. The Morgan fingerprint density at radius 2 is 1.81 bits per heavy atom. The van der Waals surface area contributed by atoms with Crippen LogP contribution in [0.1, 0.15) is 50.2 Å². The Morgan fingerprint density at radius 3 is 2.58 bits per heavy atom. The van der Waals surface area contributed by atoms with E-state index >= 15 is 0 Å². The van der Waals surface area contributed by atoms with Crippen LogP contribution in [0.3, 0.4) is 0 Å². The molecule has 31 heavy (non-hydrogen) atoms. The van der Waals surface area contributed by atoms with E-state index in [1.54, 1.807) is 6.92 Å². The molecule has 0 aromatic heterocycles. The number of hydrogen-bond acceptors (Lipinski definition) is 5. The van der Waals surface area contributed by atoms with Gasteiger partial charge in [-0.15, -0.1) is 0 Å². The highest BCUT2D eigenvalue weighted by atomic mass is 16.5. The Labute approximate surface area is 182 Å². The molecule has 0 fully saturated rings. The molecule has 5 heteroatoms. The van der Waals surface area contributed by atoms with Crippen LogP contribution in [0.4, 0.5) is 0 Å². The quantitative estimate of drug-likeness (QED) is 0.620. The number of esters is 1. The predicted octanol–water partition coefficient (Wildman–Crippen LogP) is 5.01. The lowest BCUT2D eigenvalue weighted by atomic mass is 9.71. The first kappa shape index (κ1) is 21.0. The maximum absolute atomic E-state index is 13.0. The van der Waals surface area contributed by atoms with Crippen LogP contribution < -0.4 is 4.74 Å². The highest BCUT2D eigenvalue weighted by molar-refractivity contribution is 6.09. The van der Waals surface area contributed by atoms with Crippen molar-refractivity contribution in [3.63, 3.8) is 0 Å². The Bertz CT molecular complexity index is 1040. The molecular formula is C26H27NO4. The summed E-state index contributed by atoms with van der Waals surface area (Å²) in [5, 5.41) is 0. The maximum Gasteiger partial charge on any atom is 0.315 e. The van der Waals surface area contributed by atoms with E-state index in [0.717, 1.165) is 29.7 Å². The van der Waals surface area contributed by atoms with Crippen molar-refractivity contribution in [3.05, 3.63) is 77.0 Å². The first-order valence-electron chi connectivity index (χ1n) is 10.8. The number of ether oxygens (including phenoxy) is 2. The van der Waals surface area contributed by atoms with Crippen molar-refractivity contribution in [1.82, 2.24) is 0 Å². The number of aliphatic imine (C=N–C) groups is 1. The number of rotatable bonds is 6. The molecule has 0 saturated carbocycles. The fourth-order valence-corrected chi connectivity index (χ4v) is 4.48. The molecule has 1 unspecified atom stereocenters. The van der Waals surface area contributed by atoms with Crippen molar-refractivity contribution in [3.8, 4) is 5.75 Å². The summed E-state index contributed by atoms with van der Waals surface area (Å²) in [7, 11) is 0. The first-order chi connectivity index (χ1) is 15.1. The molecule has 0 amide bonds. The van der Waals surface area contributed by atoms with E-state index in [1.807, 2.05) is 61.5 Å². The van der Waals surface area contributed by atoms with E-state index in [1.165, 1.54) is 0 Å². The number of allylic oxidation sites excluding steroid dienone is 2. The minimum atomic E-state index is -0.637. The molecule has 0 N–H and O–H groups in total. The van der Waals surface area contributed by atoms with Crippen LogP contribution in [0.5, 0.6) is 5.75 Å². The molecular weight excluding hydrogens is 390 g/mol. The van der Waals surface area contributed by atoms with Gasteiger partial charge in [-0.2, -0.15) is 0 Å². The summed E-state index contributed by atoms with van der Waals surface area (Å²) in [5.74, 6) is -0.703. The van der Waals surface area contributed by atoms with Crippen molar-refractivity contribution < 1.29 is 19.1 Å². The van der Waals surface area contributed by atoms with E-state index in [2.05, 4.69) is 4.99 Å². The van der Waals surface area contributed by atoms with E-state index in [0.29, 0.717) is 30.1 Å². The number of benzene rings is 2. The molecule has 4 rings (SSSR count). The molecule has 2 aromatic carbocycles. The third-order valence-corrected chi connectivity index (χ3v) is 5.87. The van der Waals surface area contributed by atoms with Crippen LogP contribution in [0.2, 0.25) is 0 Å². The van der Waals surface area contributed by atoms with Crippen LogP contribution in [0.25, 0.3) is 0 Å². The molecule has 2 aromatic rings. The van der Waals surface area contributed by atoms with E-state index in [4.69, 9.17) is 9.47 Å². The minimum absolute atomic E-state index is 0.0645. The second-order valence-electron chi connectivity index (χ2n) is 7.91. The molecule has 2 atom stereocenters. The number of ketones is 1. The highest BCUT2D eigenvalue weighted by Gasteiger charge is 2.44. The second kappa shape index (κ2) is 9.29. The summed E-state index contributed by atoms with van der Waals surface area (Å²) in [6.07, 6.45) is 2.02. The topological polar surface area (TPSA) is 65.0 Å². The lowest BCUT2D eigenvalue weighted by Gasteiger charge is -2.35. The third-order valence-electron chi connectivity index (χ3n) is 5.87.